The third-order valence-electron chi connectivity index (χ3n) is 2.08. The van der Waals surface area contributed by atoms with Gasteiger partial charge in [-0.25, -0.2) is 0 Å². The van der Waals surface area contributed by atoms with E-state index in [0.29, 0.717) is 11.3 Å². The van der Waals surface area contributed by atoms with Gasteiger partial charge in [-0.2, -0.15) is 13.2 Å². The van der Waals surface area contributed by atoms with Crippen LogP contribution in [0.4, 0.5) is 18.9 Å². The molecule has 0 amide bonds. The van der Waals surface area contributed by atoms with Crippen molar-refractivity contribution in [3.05, 3.63) is 28.8 Å². The predicted molar refractivity (Wildman–Crippen MR) is 66.7 cm³/mol. The summed E-state index contributed by atoms with van der Waals surface area (Å²) in [6.45, 7) is -1.05. The van der Waals surface area contributed by atoms with Crippen molar-refractivity contribution in [3.8, 4) is 0 Å². The van der Waals surface area contributed by atoms with Crippen LogP contribution in [0.3, 0.4) is 0 Å². The number of rotatable bonds is 3. The highest BCUT2D eigenvalue weighted by atomic mass is 35.5. The second-order valence-electron chi connectivity index (χ2n) is 3.50. The van der Waals surface area contributed by atoms with Gasteiger partial charge in [0.25, 0.3) is 0 Å². The molecular formula is C10H10ClF3N2S. The molecule has 0 radical (unpaired) electrons. The maximum atomic E-state index is 12.2. The Morgan fingerprint density at radius 2 is 2.06 bits per heavy atom. The number of hydrogen-bond acceptors (Lipinski definition) is 2. The van der Waals surface area contributed by atoms with Crippen LogP contribution in [-0.2, 0) is 0 Å². The molecule has 0 aromatic heterocycles. The van der Waals surface area contributed by atoms with Crippen molar-refractivity contribution in [1.29, 1.82) is 0 Å². The molecule has 0 aliphatic carbocycles. The third-order valence-corrected chi connectivity index (χ3v) is 2.61. The van der Waals surface area contributed by atoms with Crippen molar-refractivity contribution in [3.63, 3.8) is 0 Å². The number of hydrogen-bond donors (Lipinski definition) is 1. The van der Waals surface area contributed by atoms with Crippen molar-refractivity contribution >= 4 is 34.5 Å². The highest BCUT2D eigenvalue weighted by Crippen LogP contribution is 2.25. The Balaban J connectivity index is 2.94. The number of halogens is 4. The zero-order chi connectivity index (χ0) is 13.2. The van der Waals surface area contributed by atoms with Crippen LogP contribution < -0.4 is 10.6 Å². The van der Waals surface area contributed by atoms with Crippen LogP contribution in [0.1, 0.15) is 5.56 Å². The first-order valence-electron chi connectivity index (χ1n) is 4.58. The second kappa shape index (κ2) is 5.10. The second-order valence-corrected chi connectivity index (χ2v) is 4.35. The van der Waals surface area contributed by atoms with Crippen LogP contribution in [0.15, 0.2) is 18.2 Å². The first kappa shape index (κ1) is 14.1. The SMILES string of the molecule is CN(CC(F)(F)F)c1ccc(C(N)=S)c(Cl)c1. The monoisotopic (exact) mass is 282 g/mol. The first-order chi connectivity index (χ1) is 7.70. The van der Waals surface area contributed by atoms with Gasteiger partial charge in [0.05, 0.1) is 5.02 Å². The number of thiocarbonyl (C=S) groups is 1. The number of nitrogens with two attached hydrogens (primary N) is 1. The topological polar surface area (TPSA) is 29.3 Å². The molecule has 0 bridgehead atoms. The van der Waals surface area contributed by atoms with Crippen molar-refractivity contribution in [2.75, 3.05) is 18.5 Å². The average molecular weight is 283 g/mol. The first-order valence-corrected chi connectivity index (χ1v) is 5.36. The molecule has 1 aromatic carbocycles. The summed E-state index contributed by atoms with van der Waals surface area (Å²) in [7, 11) is 1.33. The Labute approximate surface area is 107 Å². The lowest BCUT2D eigenvalue weighted by atomic mass is 10.2. The van der Waals surface area contributed by atoms with Crippen LogP contribution in [0.25, 0.3) is 0 Å². The molecule has 7 heteroatoms. The molecule has 0 spiro atoms. The van der Waals surface area contributed by atoms with E-state index in [-0.39, 0.29) is 10.0 Å². The van der Waals surface area contributed by atoms with Gasteiger partial charge in [0, 0.05) is 18.3 Å². The third kappa shape index (κ3) is 4.05. The summed E-state index contributed by atoms with van der Waals surface area (Å²) >= 11 is 10.6. The lowest BCUT2D eigenvalue weighted by molar-refractivity contribution is -0.119. The van der Waals surface area contributed by atoms with Gasteiger partial charge in [-0.3, -0.25) is 0 Å². The normalized spacial score (nSPS) is 11.4. The molecule has 0 saturated heterocycles. The lowest BCUT2D eigenvalue weighted by Gasteiger charge is -2.21. The smallest absolute Gasteiger partial charge is 0.389 e. The van der Waals surface area contributed by atoms with Crippen LogP contribution in [0, 0.1) is 0 Å². The number of alkyl halides is 3. The average Bonchev–Trinajstić information content (AvgIpc) is 2.14. The van der Waals surface area contributed by atoms with Crippen LogP contribution >= 0.6 is 23.8 Å². The largest absolute Gasteiger partial charge is 0.405 e. The number of benzene rings is 1. The zero-order valence-corrected chi connectivity index (χ0v) is 10.5. The number of nitrogens with zero attached hydrogens (tertiary/aromatic N) is 1. The standard InChI is InChI=1S/C10H10ClF3N2S/c1-16(5-10(12,13)14)6-2-3-7(9(15)17)8(11)4-6/h2-4H,5H2,1H3,(H2,15,17). The van der Waals surface area contributed by atoms with Gasteiger partial charge < -0.3 is 10.6 Å². The molecule has 1 aromatic rings. The maximum absolute atomic E-state index is 12.2. The van der Waals surface area contributed by atoms with Gasteiger partial charge in [0.1, 0.15) is 11.5 Å². The minimum Gasteiger partial charge on any atom is -0.389 e. The van der Waals surface area contributed by atoms with Gasteiger partial charge in [-0.05, 0) is 18.2 Å². The molecule has 94 valence electrons. The van der Waals surface area contributed by atoms with Crippen LogP contribution in [-0.4, -0.2) is 24.8 Å². The molecule has 0 aliphatic heterocycles. The Kier molecular flexibility index (Phi) is 4.21. The maximum Gasteiger partial charge on any atom is 0.405 e. The quantitative estimate of drug-likeness (QED) is 0.864. The van der Waals surface area contributed by atoms with Crippen molar-refractivity contribution < 1.29 is 13.2 Å². The molecule has 0 saturated carbocycles. The van der Waals surface area contributed by atoms with E-state index in [2.05, 4.69) is 0 Å². The predicted octanol–water partition coefficient (Wildman–Crippen LogP) is 2.97. The minimum absolute atomic E-state index is 0.111. The molecule has 2 N–H and O–H groups in total. The molecule has 1 rings (SSSR count). The fraction of sp³-hybridized carbons (Fsp3) is 0.300. The Bertz CT molecular complexity index is 434. The van der Waals surface area contributed by atoms with E-state index in [0.717, 1.165) is 4.90 Å². The summed E-state index contributed by atoms with van der Waals surface area (Å²) in [4.78, 5) is 1.16. The molecule has 17 heavy (non-hydrogen) atoms. The van der Waals surface area contributed by atoms with Gasteiger partial charge >= 0.3 is 6.18 Å². The van der Waals surface area contributed by atoms with E-state index in [9.17, 15) is 13.2 Å². The van der Waals surface area contributed by atoms with Crippen LogP contribution in [0.2, 0.25) is 5.02 Å². The van der Waals surface area contributed by atoms with Crippen molar-refractivity contribution in [1.82, 2.24) is 0 Å². The molecule has 0 atom stereocenters. The Hall–Kier alpha value is -1.01. The molecular weight excluding hydrogens is 273 g/mol. The summed E-state index contributed by atoms with van der Waals surface area (Å²) < 4.78 is 36.6. The fourth-order valence-electron chi connectivity index (χ4n) is 1.30. The Morgan fingerprint density at radius 3 is 2.47 bits per heavy atom. The number of anilines is 1. The molecule has 0 heterocycles. The zero-order valence-electron chi connectivity index (χ0n) is 8.88. The van der Waals surface area contributed by atoms with Crippen LogP contribution in [0.5, 0.6) is 0 Å². The van der Waals surface area contributed by atoms with Gasteiger partial charge in [0.15, 0.2) is 0 Å². The van der Waals surface area contributed by atoms with Gasteiger partial charge in [0.2, 0.25) is 0 Å². The van der Waals surface area contributed by atoms with E-state index in [1.165, 1.54) is 25.2 Å². The minimum atomic E-state index is -4.26. The molecule has 0 unspecified atom stereocenters. The van der Waals surface area contributed by atoms with E-state index < -0.39 is 12.7 Å². The van der Waals surface area contributed by atoms with Gasteiger partial charge in [-0.1, -0.05) is 23.8 Å². The highest BCUT2D eigenvalue weighted by Gasteiger charge is 2.29. The summed E-state index contributed by atoms with van der Waals surface area (Å²) in [6.07, 6.45) is -4.26. The summed E-state index contributed by atoms with van der Waals surface area (Å²) in [6, 6.07) is 4.40. The fourth-order valence-corrected chi connectivity index (χ4v) is 1.81. The summed E-state index contributed by atoms with van der Waals surface area (Å²) in [5.74, 6) is 0. The van der Waals surface area contributed by atoms with E-state index in [4.69, 9.17) is 29.6 Å². The summed E-state index contributed by atoms with van der Waals surface area (Å²) in [5, 5.41) is 0.240. The van der Waals surface area contributed by atoms with Crippen molar-refractivity contribution in [2.45, 2.75) is 6.18 Å². The Morgan fingerprint density at radius 1 is 1.47 bits per heavy atom. The molecule has 0 aliphatic rings. The molecule has 2 nitrogen and oxygen atoms in total. The highest BCUT2D eigenvalue weighted by molar-refractivity contribution is 7.80. The molecule has 0 fully saturated rings. The van der Waals surface area contributed by atoms with E-state index >= 15 is 0 Å². The summed E-state index contributed by atoms with van der Waals surface area (Å²) in [5.41, 5.74) is 6.20. The van der Waals surface area contributed by atoms with Gasteiger partial charge in [-0.15, -0.1) is 0 Å². The van der Waals surface area contributed by atoms with E-state index in [1.807, 2.05) is 0 Å². The van der Waals surface area contributed by atoms with Crippen molar-refractivity contribution in [2.24, 2.45) is 5.73 Å². The van der Waals surface area contributed by atoms with E-state index in [1.54, 1.807) is 0 Å². The lowest BCUT2D eigenvalue weighted by Crippen LogP contribution is -2.30.